The second-order valence-corrected chi connectivity index (χ2v) is 9.47. The zero-order valence-corrected chi connectivity index (χ0v) is 16.6. The molecule has 0 aromatic heterocycles. The fourth-order valence-electron chi connectivity index (χ4n) is 5.62. The summed E-state index contributed by atoms with van der Waals surface area (Å²) in [6, 6.07) is 4.76. The van der Waals surface area contributed by atoms with Crippen LogP contribution in [0.25, 0.3) is 0 Å². The SMILES string of the molecule is CC(OC(=O)C12CC3CC(CC(O)(C3)C1)C2)C(=O)Nc1ccc(Cl)cc1Cl. The summed E-state index contributed by atoms with van der Waals surface area (Å²) >= 11 is 11.9. The predicted octanol–water partition coefficient (Wildman–Crippen LogP) is 4.19. The number of esters is 1. The van der Waals surface area contributed by atoms with Crippen molar-refractivity contribution in [3.8, 4) is 0 Å². The molecule has 3 atom stereocenters. The molecule has 2 N–H and O–H groups in total. The van der Waals surface area contributed by atoms with Crippen molar-refractivity contribution in [2.45, 2.75) is 57.2 Å². The minimum atomic E-state index is -0.952. The molecule has 27 heavy (non-hydrogen) atoms. The van der Waals surface area contributed by atoms with Gasteiger partial charge in [-0.15, -0.1) is 0 Å². The highest BCUT2D eigenvalue weighted by molar-refractivity contribution is 6.36. The number of hydrogen-bond acceptors (Lipinski definition) is 4. The van der Waals surface area contributed by atoms with Crippen molar-refractivity contribution >= 4 is 40.8 Å². The maximum absolute atomic E-state index is 13.0. The van der Waals surface area contributed by atoms with Crippen molar-refractivity contribution < 1.29 is 19.4 Å². The summed E-state index contributed by atoms with van der Waals surface area (Å²) in [5.41, 5.74) is -0.977. The molecule has 5 nitrogen and oxygen atoms in total. The van der Waals surface area contributed by atoms with Crippen LogP contribution in [-0.2, 0) is 14.3 Å². The van der Waals surface area contributed by atoms with Crippen LogP contribution < -0.4 is 5.32 Å². The molecule has 4 saturated carbocycles. The third-order valence-electron chi connectivity index (χ3n) is 6.31. The summed E-state index contributed by atoms with van der Waals surface area (Å²) in [6.45, 7) is 1.55. The lowest BCUT2D eigenvalue weighted by atomic mass is 9.48. The van der Waals surface area contributed by atoms with Gasteiger partial charge < -0.3 is 15.2 Å². The molecule has 4 aliphatic rings. The molecule has 4 fully saturated rings. The molecule has 3 unspecified atom stereocenters. The molecule has 146 valence electrons. The average molecular weight is 412 g/mol. The maximum atomic E-state index is 13.0. The number of carbonyl (C=O) groups excluding carboxylic acids is 2. The van der Waals surface area contributed by atoms with Gasteiger partial charge in [0, 0.05) is 5.02 Å². The second kappa shape index (κ2) is 6.64. The normalized spacial score (nSPS) is 35.0. The van der Waals surface area contributed by atoms with E-state index in [1.807, 2.05) is 0 Å². The van der Waals surface area contributed by atoms with Crippen molar-refractivity contribution in [3.05, 3.63) is 28.2 Å². The molecule has 1 aromatic rings. The Bertz CT molecular complexity index is 782. The van der Waals surface area contributed by atoms with Gasteiger partial charge in [0.15, 0.2) is 6.10 Å². The third-order valence-corrected chi connectivity index (χ3v) is 6.85. The smallest absolute Gasteiger partial charge is 0.312 e. The van der Waals surface area contributed by atoms with Gasteiger partial charge in [0.05, 0.1) is 21.7 Å². The quantitative estimate of drug-likeness (QED) is 0.727. The van der Waals surface area contributed by atoms with Gasteiger partial charge in [-0.3, -0.25) is 9.59 Å². The van der Waals surface area contributed by atoms with Crippen molar-refractivity contribution in [1.82, 2.24) is 0 Å². The Balaban J connectivity index is 1.42. The van der Waals surface area contributed by atoms with Crippen LogP contribution in [-0.4, -0.2) is 28.7 Å². The number of aliphatic hydroxyl groups is 1. The van der Waals surface area contributed by atoms with Crippen LogP contribution in [0.3, 0.4) is 0 Å². The average Bonchev–Trinajstić information content (AvgIpc) is 2.55. The van der Waals surface area contributed by atoms with Crippen LogP contribution in [0.5, 0.6) is 0 Å². The van der Waals surface area contributed by atoms with Gasteiger partial charge in [-0.2, -0.15) is 0 Å². The van der Waals surface area contributed by atoms with Crippen molar-refractivity contribution in [2.24, 2.45) is 17.3 Å². The van der Waals surface area contributed by atoms with Gasteiger partial charge in [0.1, 0.15) is 0 Å². The van der Waals surface area contributed by atoms with E-state index in [9.17, 15) is 14.7 Å². The van der Waals surface area contributed by atoms with E-state index in [2.05, 4.69) is 5.32 Å². The molecular weight excluding hydrogens is 389 g/mol. The maximum Gasteiger partial charge on any atom is 0.312 e. The van der Waals surface area contributed by atoms with E-state index in [1.54, 1.807) is 19.1 Å². The Kier molecular flexibility index (Phi) is 4.68. The molecule has 0 radical (unpaired) electrons. The van der Waals surface area contributed by atoms with E-state index < -0.39 is 23.0 Å². The first-order valence-corrected chi connectivity index (χ1v) is 10.1. The molecule has 1 amide bonds. The van der Waals surface area contributed by atoms with Crippen molar-refractivity contribution in [2.75, 3.05) is 5.32 Å². The lowest BCUT2D eigenvalue weighted by molar-refractivity contribution is -0.199. The number of ether oxygens (including phenoxy) is 1. The van der Waals surface area contributed by atoms with Crippen molar-refractivity contribution in [1.29, 1.82) is 0 Å². The van der Waals surface area contributed by atoms with Gasteiger partial charge >= 0.3 is 5.97 Å². The van der Waals surface area contributed by atoms with Crippen LogP contribution in [0.2, 0.25) is 10.0 Å². The minimum absolute atomic E-state index is 0.317. The molecule has 0 spiro atoms. The lowest BCUT2D eigenvalue weighted by Gasteiger charge is -2.58. The number of hydrogen-bond donors (Lipinski definition) is 2. The van der Waals surface area contributed by atoms with E-state index in [-0.39, 0.29) is 5.97 Å². The second-order valence-electron chi connectivity index (χ2n) is 8.63. The highest BCUT2D eigenvalue weighted by atomic mass is 35.5. The van der Waals surface area contributed by atoms with Gasteiger partial charge in [0.2, 0.25) is 0 Å². The molecule has 0 saturated heterocycles. The summed E-state index contributed by atoms with van der Waals surface area (Å²) in [6.07, 6.45) is 3.65. The molecule has 1 aromatic carbocycles. The van der Waals surface area contributed by atoms with E-state index >= 15 is 0 Å². The Morgan fingerprint density at radius 3 is 2.48 bits per heavy atom. The Morgan fingerprint density at radius 1 is 1.22 bits per heavy atom. The number of halogens is 2. The van der Waals surface area contributed by atoms with Crippen molar-refractivity contribution in [3.63, 3.8) is 0 Å². The molecule has 5 rings (SSSR count). The van der Waals surface area contributed by atoms with E-state index in [4.69, 9.17) is 27.9 Å². The third kappa shape index (κ3) is 3.57. The lowest BCUT2D eigenvalue weighted by Crippen LogP contribution is -2.59. The zero-order chi connectivity index (χ0) is 19.4. The zero-order valence-electron chi connectivity index (χ0n) is 15.1. The fraction of sp³-hybridized carbons (Fsp3) is 0.600. The number of anilines is 1. The fourth-order valence-corrected chi connectivity index (χ4v) is 6.07. The van der Waals surface area contributed by atoms with Crippen LogP contribution in [0.1, 0.15) is 45.4 Å². The van der Waals surface area contributed by atoms with Crippen LogP contribution in [0, 0.1) is 17.3 Å². The molecular formula is C20H23Cl2NO4. The molecule has 0 heterocycles. The van der Waals surface area contributed by atoms with E-state index in [1.165, 1.54) is 6.07 Å². The largest absolute Gasteiger partial charge is 0.452 e. The standard InChI is InChI=1S/C20H23Cl2NO4/c1-11(17(24)23-16-3-2-14(21)5-15(16)22)27-18(25)19-6-12-4-13(7-19)9-20(26,8-12)10-19/h2-3,5,11-13,26H,4,6-10H2,1H3,(H,23,24). The monoisotopic (exact) mass is 411 g/mol. The van der Waals surface area contributed by atoms with E-state index in [0.29, 0.717) is 34.0 Å². The van der Waals surface area contributed by atoms with Crippen LogP contribution in [0.4, 0.5) is 5.69 Å². The summed E-state index contributed by atoms with van der Waals surface area (Å²) in [4.78, 5) is 25.4. The van der Waals surface area contributed by atoms with E-state index in [0.717, 1.165) is 32.1 Å². The van der Waals surface area contributed by atoms with Gasteiger partial charge in [-0.1, -0.05) is 23.2 Å². The van der Waals surface area contributed by atoms with Gasteiger partial charge in [-0.25, -0.2) is 0 Å². The molecule has 4 bridgehead atoms. The summed E-state index contributed by atoms with van der Waals surface area (Å²) in [5, 5.41) is 14.2. The van der Waals surface area contributed by atoms with Crippen LogP contribution in [0.15, 0.2) is 18.2 Å². The molecule has 4 aliphatic carbocycles. The topological polar surface area (TPSA) is 75.6 Å². The number of nitrogens with one attached hydrogen (secondary N) is 1. The summed E-state index contributed by atoms with van der Waals surface area (Å²) in [5.74, 6) is -0.0579. The highest BCUT2D eigenvalue weighted by Crippen LogP contribution is 2.62. The molecule has 7 heteroatoms. The first-order chi connectivity index (χ1) is 12.7. The highest BCUT2D eigenvalue weighted by Gasteiger charge is 2.61. The Morgan fingerprint density at radius 2 is 1.89 bits per heavy atom. The molecule has 0 aliphatic heterocycles. The van der Waals surface area contributed by atoms with Crippen LogP contribution >= 0.6 is 23.2 Å². The van der Waals surface area contributed by atoms with Gasteiger partial charge in [0.25, 0.3) is 5.91 Å². The summed E-state index contributed by atoms with van der Waals surface area (Å²) < 4.78 is 5.55. The predicted molar refractivity (Wildman–Crippen MR) is 103 cm³/mol. The number of carbonyl (C=O) groups is 2. The number of amides is 1. The first-order valence-electron chi connectivity index (χ1n) is 9.37. The van der Waals surface area contributed by atoms with Gasteiger partial charge in [-0.05, 0) is 75.5 Å². The Hall–Kier alpha value is -1.30. The number of rotatable bonds is 4. The minimum Gasteiger partial charge on any atom is -0.452 e. The number of benzene rings is 1. The Labute approximate surface area is 168 Å². The summed E-state index contributed by atoms with van der Waals surface area (Å²) in [7, 11) is 0. The first kappa shape index (κ1) is 19.0.